The fraction of sp³-hybridized carbons (Fsp3) is 0.429. The Morgan fingerprint density at radius 3 is 2.70 bits per heavy atom. The van der Waals surface area contributed by atoms with Crippen molar-refractivity contribution in [2.24, 2.45) is 17.1 Å². The van der Waals surface area contributed by atoms with Crippen LogP contribution >= 0.6 is 28.1 Å². The number of anilines is 1. The summed E-state index contributed by atoms with van der Waals surface area (Å²) in [5.41, 5.74) is 5.67. The predicted molar refractivity (Wildman–Crippen MR) is 86.9 cm³/mol. The number of rotatable bonds is 4. The largest absolute Gasteiger partial charge is 0.495 e. The van der Waals surface area contributed by atoms with Gasteiger partial charge in [-0.15, -0.1) is 0 Å². The van der Waals surface area contributed by atoms with E-state index in [2.05, 4.69) is 28.2 Å². The summed E-state index contributed by atoms with van der Waals surface area (Å²) < 4.78 is 6.11. The predicted octanol–water partition coefficient (Wildman–Crippen LogP) is 3.10. The zero-order valence-corrected chi connectivity index (χ0v) is 13.8. The second kappa shape index (κ2) is 5.69. The van der Waals surface area contributed by atoms with Gasteiger partial charge in [0.05, 0.1) is 23.2 Å². The van der Waals surface area contributed by atoms with Gasteiger partial charge in [0.1, 0.15) is 5.75 Å². The lowest BCUT2D eigenvalue weighted by atomic mass is 9.62. The van der Waals surface area contributed by atoms with Crippen LogP contribution in [0, 0.1) is 11.3 Å². The van der Waals surface area contributed by atoms with Crippen LogP contribution in [0.1, 0.15) is 19.8 Å². The van der Waals surface area contributed by atoms with Gasteiger partial charge in [0.2, 0.25) is 5.91 Å². The van der Waals surface area contributed by atoms with Crippen LogP contribution in [0.2, 0.25) is 0 Å². The molecule has 1 aromatic rings. The molecule has 3 N–H and O–H groups in total. The lowest BCUT2D eigenvalue weighted by Gasteiger charge is -2.44. The summed E-state index contributed by atoms with van der Waals surface area (Å²) in [6, 6.07) is 5.44. The molecule has 0 aliphatic heterocycles. The van der Waals surface area contributed by atoms with Crippen LogP contribution in [0.25, 0.3) is 0 Å². The highest BCUT2D eigenvalue weighted by atomic mass is 79.9. The van der Waals surface area contributed by atoms with E-state index < -0.39 is 5.41 Å². The minimum absolute atomic E-state index is 0.153. The lowest BCUT2D eigenvalue weighted by Crippen LogP contribution is -2.53. The van der Waals surface area contributed by atoms with Crippen LogP contribution in [0.4, 0.5) is 5.69 Å². The van der Waals surface area contributed by atoms with Crippen LogP contribution < -0.4 is 15.8 Å². The number of halogens is 1. The molecule has 1 amide bonds. The Bertz CT molecular complexity index is 556. The molecule has 0 spiro atoms. The second-order valence-corrected chi connectivity index (χ2v) is 6.61. The number of hydrogen-bond donors (Lipinski definition) is 2. The van der Waals surface area contributed by atoms with Crippen molar-refractivity contribution in [1.82, 2.24) is 0 Å². The van der Waals surface area contributed by atoms with E-state index in [0.29, 0.717) is 30.2 Å². The smallest absolute Gasteiger partial charge is 0.237 e. The number of benzene rings is 1. The molecule has 0 radical (unpaired) electrons. The van der Waals surface area contributed by atoms with Crippen molar-refractivity contribution in [1.29, 1.82) is 0 Å². The summed E-state index contributed by atoms with van der Waals surface area (Å²) >= 11 is 8.47. The summed E-state index contributed by atoms with van der Waals surface area (Å²) in [6.07, 6.45) is 1.40. The molecule has 0 bridgehead atoms. The Kier molecular flexibility index (Phi) is 4.34. The Morgan fingerprint density at radius 1 is 1.55 bits per heavy atom. The molecule has 0 aromatic heterocycles. The van der Waals surface area contributed by atoms with Gasteiger partial charge in [-0.05, 0) is 37.0 Å². The number of nitrogens with two attached hydrogens (primary N) is 1. The molecule has 1 aliphatic carbocycles. The third-order valence-electron chi connectivity index (χ3n) is 3.71. The standard InChI is InChI=1S/C14H17BrN2O2S/c1-8-6-14(7-8,12(16)20)13(18)17-10-5-9(15)3-4-11(10)19-2/h3-5,8H,6-7H2,1-2H3,(H2,16,20)(H,17,18). The normalized spacial score (nSPS) is 24.6. The number of carbonyl (C=O) groups is 1. The fourth-order valence-electron chi connectivity index (χ4n) is 2.65. The van der Waals surface area contributed by atoms with Crippen molar-refractivity contribution in [3.8, 4) is 5.75 Å². The average Bonchev–Trinajstić information content (AvgIpc) is 2.34. The molecule has 1 aliphatic rings. The molecule has 1 aromatic carbocycles. The number of carbonyl (C=O) groups excluding carboxylic acids is 1. The van der Waals surface area contributed by atoms with E-state index in [0.717, 1.165) is 4.47 Å². The van der Waals surface area contributed by atoms with E-state index >= 15 is 0 Å². The van der Waals surface area contributed by atoms with Crippen LogP contribution in [0.3, 0.4) is 0 Å². The maximum absolute atomic E-state index is 12.5. The third-order valence-corrected chi connectivity index (χ3v) is 4.59. The first kappa shape index (κ1) is 15.3. The van der Waals surface area contributed by atoms with E-state index in [1.807, 2.05) is 6.07 Å². The van der Waals surface area contributed by atoms with Crippen LogP contribution in [0.5, 0.6) is 5.75 Å². The summed E-state index contributed by atoms with van der Waals surface area (Å²) in [4.78, 5) is 12.8. The number of nitrogens with one attached hydrogen (secondary N) is 1. The lowest BCUT2D eigenvalue weighted by molar-refractivity contribution is -0.127. The SMILES string of the molecule is COc1ccc(Br)cc1NC(=O)C1(C(N)=S)CC(C)C1. The third kappa shape index (κ3) is 2.67. The molecule has 20 heavy (non-hydrogen) atoms. The number of methoxy groups -OCH3 is 1. The number of thiocarbonyl (C=S) groups is 1. The Morgan fingerprint density at radius 2 is 2.20 bits per heavy atom. The van der Waals surface area contributed by atoms with Gasteiger partial charge >= 0.3 is 0 Å². The molecule has 0 heterocycles. The molecule has 4 nitrogen and oxygen atoms in total. The summed E-state index contributed by atoms with van der Waals surface area (Å²) in [5.74, 6) is 0.915. The van der Waals surface area contributed by atoms with Gasteiger partial charge in [0.15, 0.2) is 0 Å². The fourth-order valence-corrected chi connectivity index (χ4v) is 3.27. The first-order chi connectivity index (χ1) is 9.39. The minimum atomic E-state index is -0.720. The maximum atomic E-state index is 12.5. The molecule has 0 unspecified atom stereocenters. The molecule has 0 atom stereocenters. The van der Waals surface area contributed by atoms with E-state index in [1.54, 1.807) is 19.2 Å². The second-order valence-electron chi connectivity index (χ2n) is 5.26. The van der Waals surface area contributed by atoms with Gasteiger partial charge in [-0.1, -0.05) is 35.1 Å². The Hall–Kier alpha value is -1.14. The molecule has 0 saturated heterocycles. The van der Waals surface area contributed by atoms with E-state index in [4.69, 9.17) is 22.7 Å². The highest BCUT2D eigenvalue weighted by Crippen LogP contribution is 2.47. The van der Waals surface area contributed by atoms with Gasteiger partial charge in [-0.3, -0.25) is 4.79 Å². The minimum Gasteiger partial charge on any atom is -0.495 e. The van der Waals surface area contributed by atoms with Gasteiger partial charge < -0.3 is 15.8 Å². The van der Waals surface area contributed by atoms with Crippen molar-refractivity contribution < 1.29 is 9.53 Å². The van der Waals surface area contributed by atoms with Crippen LogP contribution in [-0.2, 0) is 4.79 Å². The molecule has 1 saturated carbocycles. The van der Waals surface area contributed by atoms with E-state index in [9.17, 15) is 4.79 Å². The highest BCUT2D eigenvalue weighted by Gasteiger charge is 2.51. The summed E-state index contributed by atoms with van der Waals surface area (Å²) in [6.45, 7) is 2.09. The van der Waals surface area contributed by atoms with Gasteiger partial charge in [0.25, 0.3) is 0 Å². The molecular formula is C14H17BrN2O2S. The molecular weight excluding hydrogens is 340 g/mol. The topological polar surface area (TPSA) is 64.3 Å². The maximum Gasteiger partial charge on any atom is 0.237 e. The van der Waals surface area contributed by atoms with Crippen LogP contribution in [0.15, 0.2) is 22.7 Å². The van der Waals surface area contributed by atoms with Crippen molar-refractivity contribution in [2.45, 2.75) is 19.8 Å². The molecule has 2 rings (SSSR count). The zero-order chi connectivity index (χ0) is 14.9. The van der Waals surface area contributed by atoms with Crippen molar-refractivity contribution in [2.75, 3.05) is 12.4 Å². The Labute approximate surface area is 132 Å². The highest BCUT2D eigenvalue weighted by molar-refractivity contribution is 9.10. The van der Waals surface area contributed by atoms with Gasteiger partial charge in [-0.2, -0.15) is 0 Å². The average molecular weight is 357 g/mol. The quantitative estimate of drug-likeness (QED) is 0.813. The monoisotopic (exact) mass is 356 g/mol. The molecule has 6 heteroatoms. The van der Waals surface area contributed by atoms with E-state index in [1.165, 1.54) is 0 Å². The van der Waals surface area contributed by atoms with Gasteiger partial charge in [-0.25, -0.2) is 0 Å². The van der Waals surface area contributed by atoms with Crippen LogP contribution in [-0.4, -0.2) is 18.0 Å². The van der Waals surface area contributed by atoms with Crippen molar-refractivity contribution in [3.05, 3.63) is 22.7 Å². The zero-order valence-electron chi connectivity index (χ0n) is 11.4. The summed E-state index contributed by atoms with van der Waals surface area (Å²) in [7, 11) is 1.56. The summed E-state index contributed by atoms with van der Waals surface area (Å²) in [5, 5.41) is 2.89. The number of ether oxygens (including phenoxy) is 1. The van der Waals surface area contributed by atoms with Gasteiger partial charge in [0, 0.05) is 4.47 Å². The molecule has 108 valence electrons. The first-order valence-electron chi connectivity index (χ1n) is 6.34. The van der Waals surface area contributed by atoms with E-state index in [-0.39, 0.29) is 10.9 Å². The van der Waals surface area contributed by atoms with Crippen molar-refractivity contribution in [3.63, 3.8) is 0 Å². The Balaban J connectivity index is 2.23. The number of hydrogen-bond acceptors (Lipinski definition) is 3. The van der Waals surface area contributed by atoms with Crippen molar-refractivity contribution >= 4 is 44.7 Å². The number of amides is 1. The first-order valence-corrected chi connectivity index (χ1v) is 7.54. The molecule has 1 fully saturated rings.